The van der Waals surface area contributed by atoms with E-state index in [1.807, 2.05) is 18.8 Å². The molecule has 0 aromatic heterocycles. The van der Waals surface area contributed by atoms with E-state index in [1.165, 1.54) is 24.2 Å². The molecular formula is C17H31IN4S. The number of nitrogens with one attached hydrogen (secondary N) is 2. The average molecular weight is 450 g/mol. The molecule has 0 spiro atoms. The van der Waals surface area contributed by atoms with E-state index < -0.39 is 0 Å². The van der Waals surface area contributed by atoms with Gasteiger partial charge in [-0.05, 0) is 44.5 Å². The van der Waals surface area contributed by atoms with E-state index >= 15 is 0 Å². The number of unbranched alkanes of at least 4 members (excludes halogenated alkanes) is 1. The van der Waals surface area contributed by atoms with Gasteiger partial charge in [0.2, 0.25) is 0 Å². The maximum Gasteiger partial charge on any atom is 0.191 e. The van der Waals surface area contributed by atoms with Crippen LogP contribution in [0.3, 0.4) is 0 Å². The van der Waals surface area contributed by atoms with Crippen LogP contribution in [-0.2, 0) is 0 Å². The number of thioether (sulfide) groups is 1. The molecule has 0 bridgehead atoms. The highest BCUT2D eigenvalue weighted by Crippen LogP contribution is 2.16. The standard InChI is InChI=1S/C17H30N4S.HI/c1-18-17(19-12-8-9-13-22-4)20-14-16(21(2)3)15-10-6-5-7-11-15;/h5-7,10-11,16H,8-9,12-14H2,1-4H3,(H2,18,19,20);1H. The molecule has 1 unspecified atom stereocenters. The van der Waals surface area contributed by atoms with Crippen LogP contribution in [0.4, 0.5) is 0 Å². The molecule has 0 saturated carbocycles. The maximum absolute atomic E-state index is 4.30. The zero-order valence-electron chi connectivity index (χ0n) is 14.7. The summed E-state index contributed by atoms with van der Waals surface area (Å²) in [7, 11) is 6.04. The van der Waals surface area contributed by atoms with E-state index in [1.54, 1.807) is 0 Å². The summed E-state index contributed by atoms with van der Waals surface area (Å²) in [5.41, 5.74) is 1.32. The van der Waals surface area contributed by atoms with Gasteiger partial charge >= 0.3 is 0 Å². The number of benzene rings is 1. The molecule has 0 radical (unpaired) electrons. The highest BCUT2D eigenvalue weighted by atomic mass is 127. The minimum Gasteiger partial charge on any atom is -0.356 e. The molecule has 0 fully saturated rings. The van der Waals surface area contributed by atoms with Crippen LogP contribution < -0.4 is 10.6 Å². The smallest absolute Gasteiger partial charge is 0.191 e. The van der Waals surface area contributed by atoms with Crippen molar-refractivity contribution in [3.05, 3.63) is 35.9 Å². The van der Waals surface area contributed by atoms with Crippen LogP contribution in [0.15, 0.2) is 35.3 Å². The molecular weight excluding hydrogens is 419 g/mol. The van der Waals surface area contributed by atoms with Crippen molar-refractivity contribution in [2.24, 2.45) is 4.99 Å². The summed E-state index contributed by atoms with van der Waals surface area (Å²) in [6, 6.07) is 10.9. The Kier molecular flexibility index (Phi) is 13.6. The second kappa shape index (κ2) is 13.9. The zero-order chi connectivity index (χ0) is 16.2. The molecule has 0 saturated heterocycles. The topological polar surface area (TPSA) is 39.7 Å². The van der Waals surface area contributed by atoms with E-state index in [2.05, 4.69) is 71.2 Å². The molecule has 2 N–H and O–H groups in total. The fraction of sp³-hybridized carbons (Fsp3) is 0.588. The van der Waals surface area contributed by atoms with Gasteiger partial charge in [-0.1, -0.05) is 30.3 Å². The first kappa shape index (κ1) is 22.5. The van der Waals surface area contributed by atoms with Crippen molar-refractivity contribution in [1.29, 1.82) is 0 Å². The van der Waals surface area contributed by atoms with Crippen LogP contribution in [0.1, 0.15) is 24.4 Å². The first-order chi connectivity index (χ1) is 10.7. The van der Waals surface area contributed by atoms with Gasteiger partial charge in [0, 0.05) is 20.1 Å². The number of nitrogens with zero attached hydrogens (tertiary/aromatic N) is 2. The molecule has 0 aliphatic heterocycles. The normalized spacial score (nSPS) is 12.7. The van der Waals surface area contributed by atoms with Crippen LogP contribution in [0.5, 0.6) is 0 Å². The van der Waals surface area contributed by atoms with Crippen molar-refractivity contribution in [3.8, 4) is 0 Å². The summed E-state index contributed by atoms with van der Waals surface area (Å²) in [6.07, 6.45) is 4.58. The average Bonchev–Trinajstić information content (AvgIpc) is 2.53. The molecule has 1 rings (SSSR count). The summed E-state index contributed by atoms with van der Waals surface area (Å²) in [5, 5.41) is 6.82. The van der Waals surface area contributed by atoms with Gasteiger partial charge in [0.05, 0.1) is 6.04 Å². The molecule has 1 aromatic rings. The third-order valence-corrected chi connectivity index (χ3v) is 4.26. The van der Waals surface area contributed by atoms with E-state index in [9.17, 15) is 0 Å². The van der Waals surface area contributed by atoms with Gasteiger partial charge in [0.25, 0.3) is 0 Å². The molecule has 4 nitrogen and oxygen atoms in total. The molecule has 132 valence electrons. The SMILES string of the molecule is CN=C(NCCCCSC)NCC(c1ccccc1)N(C)C.I. The van der Waals surface area contributed by atoms with Crippen LogP contribution in [0.25, 0.3) is 0 Å². The molecule has 6 heteroatoms. The van der Waals surface area contributed by atoms with Gasteiger partial charge in [0.15, 0.2) is 5.96 Å². The first-order valence-corrected chi connectivity index (χ1v) is 9.23. The summed E-state index contributed by atoms with van der Waals surface area (Å²) in [6.45, 7) is 1.81. The van der Waals surface area contributed by atoms with Crippen LogP contribution in [0, 0.1) is 0 Å². The molecule has 0 heterocycles. The number of likely N-dealkylation sites (N-methyl/N-ethyl adjacent to an activating group) is 1. The van der Waals surface area contributed by atoms with Gasteiger partial charge in [-0.15, -0.1) is 24.0 Å². The second-order valence-corrected chi connectivity index (χ2v) is 6.46. The van der Waals surface area contributed by atoms with Gasteiger partial charge in [-0.25, -0.2) is 0 Å². The Bertz CT molecular complexity index is 426. The minimum atomic E-state index is 0. The maximum atomic E-state index is 4.30. The predicted octanol–water partition coefficient (Wildman–Crippen LogP) is 3.22. The number of guanidine groups is 1. The first-order valence-electron chi connectivity index (χ1n) is 7.84. The molecule has 1 aromatic carbocycles. The minimum absolute atomic E-state index is 0. The summed E-state index contributed by atoms with van der Waals surface area (Å²) in [4.78, 5) is 6.53. The Morgan fingerprint density at radius 3 is 2.43 bits per heavy atom. The van der Waals surface area contributed by atoms with Gasteiger partial charge in [0.1, 0.15) is 0 Å². The number of hydrogen-bond acceptors (Lipinski definition) is 3. The fourth-order valence-electron chi connectivity index (χ4n) is 2.27. The highest BCUT2D eigenvalue weighted by molar-refractivity contribution is 14.0. The van der Waals surface area contributed by atoms with Gasteiger partial charge < -0.3 is 15.5 Å². The number of rotatable bonds is 9. The van der Waals surface area contributed by atoms with Gasteiger partial charge in [-0.3, -0.25) is 4.99 Å². The van der Waals surface area contributed by atoms with Crippen molar-refractivity contribution >= 4 is 41.7 Å². The van der Waals surface area contributed by atoms with Crippen molar-refractivity contribution in [3.63, 3.8) is 0 Å². The number of hydrogen-bond donors (Lipinski definition) is 2. The summed E-state index contributed by atoms with van der Waals surface area (Å²) < 4.78 is 0. The largest absolute Gasteiger partial charge is 0.356 e. The Morgan fingerprint density at radius 2 is 1.87 bits per heavy atom. The molecule has 0 amide bonds. The second-order valence-electron chi connectivity index (χ2n) is 5.47. The number of halogens is 1. The van der Waals surface area contributed by atoms with Gasteiger partial charge in [-0.2, -0.15) is 11.8 Å². The Hall–Kier alpha value is -0.470. The van der Waals surface area contributed by atoms with Crippen molar-refractivity contribution in [1.82, 2.24) is 15.5 Å². The Morgan fingerprint density at radius 1 is 1.17 bits per heavy atom. The Balaban J connectivity index is 0.00000484. The van der Waals surface area contributed by atoms with E-state index in [0.29, 0.717) is 6.04 Å². The lowest BCUT2D eigenvalue weighted by atomic mass is 10.1. The highest BCUT2D eigenvalue weighted by Gasteiger charge is 2.13. The van der Waals surface area contributed by atoms with Crippen molar-refractivity contribution in [2.45, 2.75) is 18.9 Å². The summed E-state index contributed by atoms with van der Waals surface area (Å²) >= 11 is 1.90. The van der Waals surface area contributed by atoms with Crippen LogP contribution in [0.2, 0.25) is 0 Å². The van der Waals surface area contributed by atoms with E-state index in [-0.39, 0.29) is 24.0 Å². The van der Waals surface area contributed by atoms with Crippen molar-refractivity contribution in [2.75, 3.05) is 46.2 Å². The van der Waals surface area contributed by atoms with Crippen LogP contribution in [-0.4, -0.2) is 57.1 Å². The van der Waals surface area contributed by atoms with Crippen molar-refractivity contribution < 1.29 is 0 Å². The third kappa shape index (κ3) is 9.42. The number of aliphatic imine (C=N–C) groups is 1. The zero-order valence-corrected chi connectivity index (χ0v) is 17.9. The molecule has 1 atom stereocenters. The lowest BCUT2D eigenvalue weighted by molar-refractivity contribution is 0.298. The lowest BCUT2D eigenvalue weighted by Gasteiger charge is -2.26. The van der Waals surface area contributed by atoms with Crippen LogP contribution >= 0.6 is 35.7 Å². The molecule has 23 heavy (non-hydrogen) atoms. The predicted molar refractivity (Wildman–Crippen MR) is 115 cm³/mol. The quantitative estimate of drug-likeness (QED) is 0.262. The Labute approximate surface area is 162 Å². The third-order valence-electron chi connectivity index (χ3n) is 3.56. The fourth-order valence-corrected chi connectivity index (χ4v) is 2.76. The molecule has 0 aliphatic carbocycles. The van der Waals surface area contributed by atoms with E-state index in [0.717, 1.165) is 19.0 Å². The monoisotopic (exact) mass is 450 g/mol. The molecule has 0 aliphatic rings. The lowest BCUT2D eigenvalue weighted by Crippen LogP contribution is -2.42. The summed E-state index contributed by atoms with van der Waals surface area (Å²) in [5.74, 6) is 2.11. The van der Waals surface area contributed by atoms with E-state index in [4.69, 9.17) is 0 Å².